The van der Waals surface area contributed by atoms with Gasteiger partial charge >= 0.3 is 0 Å². The third-order valence-corrected chi connectivity index (χ3v) is 4.29. The molecule has 1 N–H and O–H groups in total. The molecule has 0 heterocycles. The van der Waals surface area contributed by atoms with E-state index in [1.165, 1.54) is 5.56 Å². The molecule has 21 heavy (non-hydrogen) atoms. The van der Waals surface area contributed by atoms with Crippen LogP contribution in [-0.4, -0.2) is 11.7 Å². The van der Waals surface area contributed by atoms with Gasteiger partial charge < -0.3 is 5.32 Å². The molecule has 1 amide bonds. The van der Waals surface area contributed by atoms with Gasteiger partial charge in [0.25, 0.3) is 0 Å². The second-order valence-corrected chi connectivity index (χ2v) is 5.96. The van der Waals surface area contributed by atoms with Gasteiger partial charge in [0.15, 0.2) is 0 Å². The fourth-order valence-electron chi connectivity index (χ4n) is 1.91. The van der Waals surface area contributed by atoms with E-state index in [-0.39, 0.29) is 5.91 Å². The number of thioether (sulfide) groups is 1. The van der Waals surface area contributed by atoms with Crippen molar-refractivity contribution in [3.63, 3.8) is 0 Å². The van der Waals surface area contributed by atoms with Gasteiger partial charge in [0.1, 0.15) is 0 Å². The van der Waals surface area contributed by atoms with E-state index in [0.29, 0.717) is 18.2 Å². The van der Waals surface area contributed by atoms with Gasteiger partial charge in [0.2, 0.25) is 5.91 Å². The Kier molecular flexibility index (Phi) is 6.64. The van der Waals surface area contributed by atoms with Crippen LogP contribution in [0.1, 0.15) is 16.7 Å². The van der Waals surface area contributed by atoms with Crippen LogP contribution in [0.4, 0.5) is 0 Å². The molecule has 4 heteroatoms. The maximum Gasteiger partial charge on any atom is 0.230 e. The van der Waals surface area contributed by atoms with Gasteiger partial charge in [-0.2, -0.15) is 0 Å². The van der Waals surface area contributed by atoms with E-state index in [0.717, 1.165) is 16.9 Å². The summed E-state index contributed by atoms with van der Waals surface area (Å²) in [6.45, 7) is 0.585. The minimum atomic E-state index is 0.0670. The van der Waals surface area contributed by atoms with E-state index in [4.69, 9.17) is 11.6 Å². The molecule has 0 fully saturated rings. The first-order valence-electron chi connectivity index (χ1n) is 6.80. The Balaban J connectivity index is 1.69. The third-order valence-electron chi connectivity index (χ3n) is 2.98. The summed E-state index contributed by atoms with van der Waals surface area (Å²) in [4.78, 5) is 11.8. The normalized spacial score (nSPS) is 10.3. The lowest BCUT2D eigenvalue weighted by atomic mass is 10.2. The Bertz CT molecular complexity index is 574. The number of alkyl halides is 1. The Morgan fingerprint density at radius 2 is 1.71 bits per heavy atom. The van der Waals surface area contributed by atoms with E-state index in [1.54, 1.807) is 11.8 Å². The van der Waals surface area contributed by atoms with Crippen molar-refractivity contribution in [1.82, 2.24) is 5.32 Å². The van der Waals surface area contributed by atoms with Crippen LogP contribution in [0.25, 0.3) is 0 Å². The molecule has 0 saturated carbocycles. The molecule has 0 aliphatic heterocycles. The number of carbonyl (C=O) groups excluding carboxylic acids is 1. The summed E-state index contributed by atoms with van der Waals surface area (Å²) in [5.74, 6) is 1.88. The Morgan fingerprint density at radius 1 is 1.00 bits per heavy atom. The van der Waals surface area contributed by atoms with Crippen LogP contribution in [0.2, 0.25) is 0 Å². The van der Waals surface area contributed by atoms with Gasteiger partial charge in [-0.25, -0.2) is 0 Å². The largest absolute Gasteiger partial charge is 0.351 e. The molecule has 110 valence electrons. The lowest BCUT2D eigenvalue weighted by Gasteiger charge is -2.06. The molecular formula is C17H18ClNOS. The zero-order chi connectivity index (χ0) is 14.9. The number of benzene rings is 2. The average Bonchev–Trinajstić information content (AvgIpc) is 2.54. The quantitative estimate of drug-likeness (QED) is 0.782. The fraction of sp³-hybridized carbons (Fsp3) is 0.235. The van der Waals surface area contributed by atoms with Crippen molar-refractivity contribution in [2.24, 2.45) is 0 Å². The van der Waals surface area contributed by atoms with Crippen LogP contribution in [0, 0.1) is 0 Å². The van der Waals surface area contributed by atoms with E-state index in [2.05, 4.69) is 17.4 Å². The number of hydrogen-bond acceptors (Lipinski definition) is 2. The summed E-state index contributed by atoms with van der Waals surface area (Å²) in [7, 11) is 0. The van der Waals surface area contributed by atoms with Gasteiger partial charge in [0, 0.05) is 18.2 Å². The molecule has 0 unspecified atom stereocenters. The maximum atomic E-state index is 11.8. The van der Waals surface area contributed by atoms with Crippen molar-refractivity contribution in [3.8, 4) is 0 Å². The molecule has 0 aromatic heterocycles. The summed E-state index contributed by atoms with van der Waals surface area (Å²) in [5.41, 5.74) is 3.43. The molecule has 2 aromatic rings. The topological polar surface area (TPSA) is 29.1 Å². The Labute approximate surface area is 134 Å². The smallest absolute Gasteiger partial charge is 0.230 e. The number of nitrogens with one attached hydrogen (secondary N) is 1. The number of halogens is 1. The zero-order valence-electron chi connectivity index (χ0n) is 11.7. The summed E-state index contributed by atoms with van der Waals surface area (Å²) >= 11 is 7.43. The van der Waals surface area contributed by atoms with Crippen molar-refractivity contribution >= 4 is 29.3 Å². The van der Waals surface area contributed by atoms with Crippen LogP contribution in [0.15, 0.2) is 54.6 Å². The van der Waals surface area contributed by atoms with Crippen LogP contribution >= 0.6 is 23.4 Å². The number of hydrogen-bond donors (Lipinski definition) is 1. The molecule has 2 rings (SSSR count). The van der Waals surface area contributed by atoms with Crippen molar-refractivity contribution in [2.75, 3.05) is 5.75 Å². The first-order chi connectivity index (χ1) is 10.3. The lowest BCUT2D eigenvalue weighted by Crippen LogP contribution is -2.24. The van der Waals surface area contributed by atoms with Crippen LogP contribution in [0.3, 0.4) is 0 Å². The van der Waals surface area contributed by atoms with Crippen molar-refractivity contribution in [2.45, 2.75) is 18.2 Å². The van der Waals surface area contributed by atoms with Crippen molar-refractivity contribution < 1.29 is 4.79 Å². The highest BCUT2D eigenvalue weighted by Crippen LogP contribution is 2.14. The van der Waals surface area contributed by atoms with E-state index in [9.17, 15) is 4.79 Å². The van der Waals surface area contributed by atoms with Crippen LogP contribution in [0.5, 0.6) is 0 Å². The molecule has 0 aliphatic rings. The highest BCUT2D eigenvalue weighted by atomic mass is 35.5. The van der Waals surface area contributed by atoms with Gasteiger partial charge in [-0.05, 0) is 16.7 Å². The first-order valence-corrected chi connectivity index (χ1v) is 8.49. The minimum Gasteiger partial charge on any atom is -0.351 e. The molecule has 2 aromatic carbocycles. The average molecular weight is 320 g/mol. The molecule has 0 spiro atoms. The van der Waals surface area contributed by atoms with E-state index >= 15 is 0 Å². The van der Waals surface area contributed by atoms with E-state index in [1.807, 2.05) is 42.5 Å². The van der Waals surface area contributed by atoms with Crippen LogP contribution < -0.4 is 5.32 Å². The summed E-state index contributed by atoms with van der Waals surface area (Å²) in [6.07, 6.45) is 0. The minimum absolute atomic E-state index is 0.0670. The molecule has 0 atom stereocenters. The van der Waals surface area contributed by atoms with Gasteiger partial charge in [0.05, 0.1) is 5.75 Å². The second-order valence-electron chi connectivity index (χ2n) is 4.71. The van der Waals surface area contributed by atoms with Crippen molar-refractivity contribution in [1.29, 1.82) is 0 Å². The predicted octanol–water partition coefficient (Wildman–Crippen LogP) is 3.98. The maximum absolute atomic E-state index is 11.8. The number of rotatable bonds is 7. The third kappa shape index (κ3) is 5.82. The first kappa shape index (κ1) is 15.9. The van der Waals surface area contributed by atoms with Crippen LogP contribution in [-0.2, 0) is 23.0 Å². The summed E-state index contributed by atoms with van der Waals surface area (Å²) in [6, 6.07) is 18.1. The molecular weight excluding hydrogens is 302 g/mol. The summed E-state index contributed by atoms with van der Waals surface area (Å²) in [5, 5.41) is 2.93. The highest BCUT2D eigenvalue weighted by Gasteiger charge is 2.02. The predicted molar refractivity (Wildman–Crippen MR) is 90.4 cm³/mol. The second kappa shape index (κ2) is 8.75. The Morgan fingerprint density at radius 3 is 2.48 bits per heavy atom. The Hall–Kier alpha value is -1.45. The fourth-order valence-corrected chi connectivity index (χ4v) is 2.88. The molecule has 2 nitrogen and oxygen atoms in total. The summed E-state index contributed by atoms with van der Waals surface area (Å²) < 4.78 is 0. The van der Waals surface area contributed by atoms with Gasteiger partial charge in [-0.3, -0.25) is 4.79 Å². The monoisotopic (exact) mass is 319 g/mol. The van der Waals surface area contributed by atoms with E-state index < -0.39 is 0 Å². The van der Waals surface area contributed by atoms with Gasteiger partial charge in [-0.1, -0.05) is 54.6 Å². The van der Waals surface area contributed by atoms with Crippen molar-refractivity contribution in [3.05, 3.63) is 71.3 Å². The van der Waals surface area contributed by atoms with Gasteiger partial charge in [-0.15, -0.1) is 23.4 Å². The number of amides is 1. The standard InChI is InChI=1S/C17H18ClNOS/c18-10-15-7-4-8-16(9-15)12-21-13-17(20)19-11-14-5-2-1-3-6-14/h1-9H,10-13H2,(H,19,20). The highest BCUT2D eigenvalue weighted by molar-refractivity contribution is 7.99. The molecule has 0 aliphatic carbocycles. The number of carbonyl (C=O) groups is 1. The lowest BCUT2D eigenvalue weighted by molar-refractivity contribution is -0.118. The molecule has 0 bridgehead atoms. The molecule has 0 radical (unpaired) electrons. The SMILES string of the molecule is O=C(CSCc1cccc(CCl)c1)NCc1ccccc1. The zero-order valence-corrected chi connectivity index (χ0v) is 13.3. The molecule has 0 saturated heterocycles.